The zero-order valence-corrected chi connectivity index (χ0v) is 25.0. The first-order valence-electron chi connectivity index (χ1n) is 16.5. The van der Waals surface area contributed by atoms with E-state index >= 15 is 0 Å². The molecule has 2 saturated carbocycles. The zero-order chi connectivity index (χ0) is 27.5. The van der Waals surface area contributed by atoms with Crippen LogP contribution in [0.1, 0.15) is 153 Å². The number of hydrogen-bond acceptors (Lipinski definition) is 3. The number of carbonyl (C=O) groups excluding carboxylic acids is 2. The summed E-state index contributed by atoms with van der Waals surface area (Å²) >= 11 is 0. The molecule has 3 aliphatic carbocycles. The van der Waals surface area contributed by atoms with Crippen molar-refractivity contribution < 1.29 is 14.3 Å². The number of ketones is 1. The van der Waals surface area contributed by atoms with Crippen molar-refractivity contribution in [1.82, 2.24) is 0 Å². The summed E-state index contributed by atoms with van der Waals surface area (Å²) in [5, 5.41) is 0. The molecule has 0 N–H and O–H groups in total. The second-order valence-electron chi connectivity index (χ2n) is 13.0. The Morgan fingerprint density at radius 3 is 2.33 bits per heavy atom. The molecule has 4 atom stereocenters. The minimum absolute atomic E-state index is 0.0713. The average Bonchev–Trinajstić information content (AvgIpc) is 3.24. The average molecular weight is 535 g/mol. The fourth-order valence-electron chi connectivity index (χ4n) is 7.92. The molecule has 3 heteroatoms. The van der Waals surface area contributed by atoms with E-state index in [4.69, 9.17) is 4.74 Å². The number of rotatable bonds is 16. The summed E-state index contributed by atoms with van der Waals surface area (Å²) in [5.41, 5.74) is 2.73. The van der Waals surface area contributed by atoms with Gasteiger partial charge in [-0.1, -0.05) is 83.4 Å². The van der Waals surface area contributed by atoms with E-state index in [0.717, 1.165) is 51.4 Å². The molecule has 2 fully saturated rings. The van der Waals surface area contributed by atoms with E-state index in [0.29, 0.717) is 35.7 Å². The number of ether oxygens (including phenoxy) is 1. The van der Waals surface area contributed by atoms with Crippen LogP contribution in [0.15, 0.2) is 30.4 Å². The third-order valence-electron chi connectivity index (χ3n) is 10.3. The van der Waals surface area contributed by atoms with Crippen LogP contribution in [0.3, 0.4) is 0 Å². The number of benzene rings is 1. The minimum atomic E-state index is -0.0980. The first-order chi connectivity index (χ1) is 19.0. The molecule has 0 aliphatic heterocycles. The van der Waals surface area contributed by atoms with Crippen molar-refractivity contribution in [3.63, 3.8) is 0 Å². The van der Waals surface area contributed by atoms with Crippen LogP contribution in [0.5, 0.6) is 5.75 Å². The van der Waals surface area contributed by atoms with Crippen LogP contribution >= 0.6 is 0 Å². The molecule has 3 aliphatic rings. The number of esters is 1. The van der Waals surface area contributed by atoms with Gasteiger partial charge in [-0.25, -0.2) is 0 Å². The van der Waals surface area contributed by atoms with E-state index in [2.05, 4.69) is 38.1 Å². The van der Waals surface area contributed by atoms with Gasteiger partial charge in [0.05, 0.1) is 0 Å². The summed E-state index contributed by atoms with van der Waals surface area (Å²) in [6, 6.07) is 6.35. The zero-order valence-electron chi connectivity index (χ0n) is 25.0. The topological polar surface area (TPSA) is 43.4 Å². The molecule has 0 saturated heterocycles. The Labute approximate surface area is 238 Å². The highest BCUT2D eigenvalue weighted by Crippen LogP contribution is 2.59. The maximum absolute atomic E-state index is 12.6. The van der Waals surface area contributed by atoms with Crippen molar-refractivity contribution in [2.24, 2.45) is 17.3 Å². The standard InChI is InChI=1S/C36H54O3/c1-3-4-5-6-7-8-9-10-11-12-13-14-15-16-17-18-35(38)39-29-20-22-30-28(27-29)19-21-32-31(30)25-26-36(2)33(32)23-24-34(36)37/h10-11,20,22,27,31-33H,3-9,12-19,21,23-26H2,1-2H3/b11-10-/t31-,32-,33+,36?/m1/s1. The van der Waals surface area contributed by atoms with Crippen LogP contribution in [0.4, 0.5) is 0 Å². The molecule has 0 bridgehead atoms. The molecular formula is C36H54O3. The Kier molecular flexibility index (Phi) is 11.7. The van der Waals surface area contributed by atoms with E-state index in [1.807, 2.05) is 6.07 Å². The molecule has 4 rings (SSSR count). The molecule has 1 unspecified atom stereocenters. The first kappa shape index (κ1) is 30.1. The maximum atomic E-state index is 12.6. The van der Waals surface area contributed by atoms with E-state index < -0.39 is 0 Å². The minimum Gasteiger partial charge on any atom is -0.427 e. The highest BCUT2D eigenvalue weighted by atomic mass is 16.5. The second kappa shape index (κ2) is 15.2. The number of allylic oxidation sites excluding steroid dienone is 2. The number of aryl methyl sites for hydroxylation is 1. The van der Waals surface area contributed by atoms with Crippen LogP contribution in [0.2, 0.25) is 0 Å². The van der Waals surface area contributed by atoms with Gasteiger partial charge in [-0.15, -0.1) is 0 Å². The van der Waals surface area contributed by atoms with Gasteiger partial charge in [0, 0.05) is 18.3 Å². The number of hydrogen-bond donors (Lipinski definition) is 0. The van der Waals surface area contributed by atoms with Crippen LogP contribution in [0, 0.1) is 17.3 Å². The maximum Gasteiger partial charge on any atom is 0.311 e. The van der Waals surface area contributed by atoms with Crippen LogP contribution < -0.4 is 4.74 Å². The van der Waals surface area contributed by atoms with E-state index in [-0.39, 0.29) is 11.4 Å². The van der Waals surface area contributed by atoms with Gasteiger partial charge in [0.2, 0.25) is 0 Å². The Bertz CT molecular complexity index is 962. The largest absolute Gasteiger partial charge is 0.427 e. The van der Waals surface area contributed by atoms with Gasteiger partial charge < -0.3 is 4.74 Å². The summed E-state index contributed by atoms with van der Waals surface area (Å²) in [7, 11) is 0. The van der Waals surface area contributed by atoms with Crippen LogP contribution in [0.25, 0.3) is 0 Å². The Balaban J connectivity index is 1.08. The molecule has 3 nitrogen and oxygen atoms in total. The molecule has 1 aromatic carbocycles. The normalized spacial score (nSPS) is 25.9. The van der Waals surface area contributed by atoms with Gasteiger partial charge in [-0.2, -0.15) is 0 Å². The van der Waals surface area contributed by atoms with E-state index in [9.17, 15) is 9.59 Å². The SMILES string of the molecule is CCCCCCCC/C=C\CCCCCCCC(=O)Oc1ccc2c(c1)CC[C@@H]1[C@@H]2CCC2(C)C(=O)CC[C@@H]12. The number of Topliss-reactive ketones (excluding diaryl/α,β-unsaturated/α-hetero) is 1. The predicted molar refractivity (Wildman–Crippen MR) is 161 cm³/mol. The van der Waals surface area contributed by atoms with Crippen molar-refractivity contribution in [2.45, 2.75) is 148 Å². The lowest BCUT2D eigenvalue weighted by molar-refractivity contribution is -0.134. The third kappa shape index (κ3) is 8.08. The van der Waals surface area contributed by atoms with Crippen molar-refractivity contribution in [3.8, 4) is 5.75 Å². The van der Waals surface area contributed by atoms with E-state index in [1.165, 1.54) is 81.8 Å². The highest BCUT2D eigenvalue weighted by molar-refractivity contribution is 5.87. The fourth-order valence-corrected chi connectivity index (χ4v) is 7.92. The quantitative estimate of drug-likeness (QED) is 0.0917. The van der Waals surface area contributed by atoms with Crippen LogP contribution in [-0.4, -0.2) is 11.8 Å². The fraction of sp³-hybridized carbons (Fsp3) is 0.722. The lowest BCUT2D eigenvalue weighted by Crippen LogP contribution is -2.42. The predicted octanol–water partition coefficient (Wildman–Crippen LogP) is 10.1. The Morgan fingerprint density at radius 1 is 0.897 bits per heavy atom. The smallest absolute Gasteiger partial charge is 0.311 e. The lowest BCUT2D eigenvalue weighted by Gasteiger charge is -2.48. The summed E-state index contributed by atoms with van der Waals surface area (Å²) in [4.78, 5) is 25.0. The molecule has 0 radical (unpaired) electrons. The summed E-state index contributed by atoms with van der Waals surface area (Å²) < 4.78 is 5.74. The molecule has 39 heavy (non-hydrogen) atoms. The molecule has 0 spiro atoms. The summed E-state index contributed by atoms with van der Waals surface area (Å²) in [6.45, 7) is 4.50. The van der Waals surface area contributed by atoms with Gasteiger partial charge in [-0.05, 0) is 105 Å². The number of carbonyl (C=O) groups is 2. The summed E-state index contributed by atoms with van der Waals surface area (Å²) in [6.07, 6.45) is 27.8. The van der Waals surface area contributed by atoms with Gasteiger partial charge in [0.15, 0.2) is 0 Å². The molecule has 0 amide bonds. The first-order valence-corrected chi connectivity index (χ1v) is 16.5. The highest BCUT2D eigenvalue weighted by Gasteiger charge is 2.54. The van der Waals surface area contributed by atoms with E-state index in [1.54, 1.807) is 0 Å². The monoisotopic (exact) mass is 534 g/mol. The Morgan fingerprint density at radius 2 is 1.59 bits per heavy atom. The van der Waals surface area contributed by atoms with Crippen molar-refractivity contribution in [1.29, 1.82) is 0 Å². The lowest BCUT2D eigenvalue weighted by atomic mass is 9.55. The molecular weight excluding hydrogens is 480 g/mol. The number of unbranched alkanes of at least 4 members (excludes halogenated alkanes) is 11. The molecule has 216 valence electrons. The van der Waals surface area contributed by atoms with Gasteiger partial charge >= 0.3 is 5.97 Å². The van der Waals surface area contributed by atoms with Crippen molar-refractivity contribution >= 4 is 11.8 Å². The molecule has 0 heterocycles. The second-order valence-corrected chi connectivity index (χ2v) is 13.0. The van der Waals surface area contributed by atoms with Crippen molar-refractivity contribution in [2.75, 3.05) is 0 Å². The number of fused-ring (bicyclic) bond motifs is 5. The summed E-state index contributed by atoms with van der Waals surface area (Å²) in [5.74, 6) is 2.88. The van der Waals surface area contributed by atoms with Gasteiger partial charge in [0.25, 0.3) is 0 Å². The van der Waals surface area contributed by atoms with Crippen molar-refractivity contribution in [3.05, 3.63) is 41.5 Å². The molecule has 1 aromatic rings. The molecule has 0 aromatic heterocycles. The Hall–Kier alpha value is -1.90. The van der Waals surface area contributed by atoms with Gasteiger partial charge in [-0.3, -0.25) is 9.59 Å². The van der Waals surface area contributed by atoms with Gasteiger partial charge in [0.1, 0.15) is 11.5 Å². The third-order valence-corrected chi connectivity index (χ3v) is 10.3. The van der Waals surface area contributed by atoms with Crippen LogP contribution in [-0.2, 0) is 16.0 Å².